The number of nitrogens with zero attached hydrogens (tertiary/aromatic N) is 4. The number of aromatic nitrogens is 2. The third kappa shape index (κ3) is 6.15. The normalized spacial score (nSPS) is 19.7. The van der Waals surface area contributed by atoms with Crippen LogP contribution < -0.4 is 0 Å². The number of hydrogen-bond acceptors (Lipinski definition) is 5. The lowest BCUT2D eigenvalue weighted by Crippen LogP contribution is -2.35. The van der Waals surface area contributed by atoms with Crippen LogP contribution in [0.1, 0.15) is 73.4 Å². The van der Waals surface area contributed by atoms with Gasteiger partial charge in [-0.05, 0) is 110 Å². The molecular formula is C31H31BrCl2N4O3. The summed E-state index contributed by atoms with van der Waals surface area (Å²) >= 11 is 15.7. The summed E-state index contributed by atoms with van der Waals surface area (Å²) in [5.74, 6) is -1.03. The number of rotatable bonds is 5. The first-order valence-electron chi connectivity index (χ1n) is 13.5. The zero-order chi connectivity index (χ0) is 29.5. The van der Waals surface area contributed by atoms with Gasteiger partial charge in [0.25, 0.3) is 5.91 Å². The monoisotopic (exact) mass is 656 g/mol. The molecule has 10 heteroatoms. The number of aryl methyl sites for hydroxylation is 1. The molecule has 0 spiro atoms. The second kappa shape index (κ2) is 11.7. The Kier molecular flexibility index (Phi) is 8.46. The van der Waals surface area contributed by atoms with Crippen molar-refractivity contribution in [2.45, 2.75) is 58.5 Å². The highest BCUT2D eigenvalue weighted by atomic mass is 79.9. The van der Waals surface area contributed by atoms with E-state index in [2.05, 4.69) is 27.1 Å². The van der Waals surface area contributed by atoms with Crippen LogP contribution in [0.2, 0.25) is 10.0 Å². The lowest BCUT2D eigenvalue weighted by atomic mass is 9.77. The van der Waals surface area contributed by atoms with Crippen LogP contribution in [0.3, 0.4) is 0 Å². The van der Waals surface area contributed by atoms with E-state index in [1.807, 2.05) is 76.2 Å². The molecule has 2 unspecified atom stereocenters. The average molecular weight is 658 g/mol. The van der Waals surface area contributed by atoms with Crippen LogP contribution in [0.4, 0.5) is 0 Å². The molecule has 0 saturated heterocycles. The minimum atomic E-state index is -0.628. The molecule has 2 atom stereocenters. The first-order chi connectivity index (χ1) is 19.4. The Bertz CT molecular complexity index is 1540. The van der Waals surface area contributed by atoms with Crippen LogP contribution in [-0.2, 0) is 15.1 Å². The van der Waals surface area contributed by atoms with Crippen LogP contribution in [-0.4, -0.2) is 39.0 Å². The van der Waals surface area contributed by atoms with Crippen molar-refractivity contribution < 1.29 is 14.3 Å². The van der Waals surface area contributed by atoms with Crippen molar-refractivity contribution in [3.05, 3.63) is 91.1 Å². The molecular weight excluding hydrogens is 627 g/mol. The van der Waals surface area contributed by atoms with Gasteiger partial charge in [0.05, 0.1) is 27.5 Å². The van der Waals surface area contributed by atoms with Gasteiger partial charge >= 0.3 is 5.97 Å². The van der Waals surface area contributed by atoms with Crippen molar-refractivity contribution in [3.63, 3.8) is 0 Å². The van der Waals surface area contributed by atoms with Gasteiger partial charge in [-0.15, -0.1) is 0 Å². The van der Waals surface area contributed by atoms with E-state index in [1.54, 1.807) is 4.68 Å². The Morgan fingerprint density at radius 2 is 1.71 bits per heavy atom. The van der Waals surface area contributed by atoms with Crippen molar-refractivity contribution in [2.75, 3.05) is 6.61 Å². The molecule has 1 fully saturated rings. The van der Waals surface area contributed by atoms with E-state index in [0.29, 0.717) is 20.2 Å². The molecule has 1 aliphatic heterocycles. The summed E-state index contributed by atoms with van der Waals surface area (Å²) in [6.07, 6.45) is 4.81. The number of esters is 1. The van der Waals surface area contributed by atoms with Crippen LogP contribution >= 0.6 is 39.1 Å². The van der Waals surface area contributed by atoms with Gasteiger partial charge in [-0.25, -0.2) is 9.80 Å². The van der Waals surface area contributed by atoms with Crippen molar-refractivity contribution >= 4 is 62.8 Å². The Hall–Kier alpha value is -2.94. The highest BCUT2D eigenvalue weighted by molar-refractivity contribution is 9.10. The molecule has 0 bridgehead atoms. The van der Waals surface area contributed by atoms with E-state index in [4.69, 9.17) is 33.0 Å². The van der Waals surface area contributed by atoms with Crippen LogP contribution in [0, 0.1) is 12.8 Å². The zero-order valence-corrected chi connectivity index (χ0v) is 26.4. The van der Waals surface area contributed by atoms with E-state index >= 15 is 0 Å². The number of amides is 1. The number of carbonyl (C=O) groups is 2. The Morgan fingerprint density at radius 3 is 2.34 bits per heavy atom. The number of benzene rings is 2. The van der Waals surface area contributed by atoms with Crippen molar-refractivity contribution in [2.24, 2.45) is 11.0 Å². The van der Waals surface area contributed by atoms with Crippen LogP contribution in [0.25, 0.3) is 6.08 Å². The summed E-state index contributed by atoms with van der Waals surface area (Å²) < 4.78 is 7.75. The summed E-state index contributed by atoms with van der Waals surface area (Å²) in [5, 5.41) is 12.1. The van der Waals surface area contributed by atoms with Gasteiger partial charge in [0.15, 0.2) is 12.3 Å². The molecule has 2 heterocycles. The van der Waals surface area contributed by atoms with E-state index in [9.17, 15) is 9.59 Å². The third-order valence-corrected chi connectivity index (χ3v) is 8.78. The smallest absolute Gasteiger partial charge is 0.358 e. The molecule has 2 aliphatic rings. The number of hydrazone groups is 1. The number of fused-ring (bicyclic) bond motifs is 1. The van der Waals surface area contributed by atoms with Crippen molar-refractivity contribution in [1.29, 1.82) is 0 Å². The number of allylic oxidation sites excluding steroid dienone is 1. The van der Waals surface area contributed by atoms with Gasteiger partial charge < -0.3 is 4.74 Å². The fraction of sp³-hybridized carbons (Fsp3) is 0.355. The molecule has 0 radical (unpaired) electrons. The molecule has 1 amide bonds. The van der Waals surface area contributed by atoms with E-state index < -0.39 is 24.0 Å². The highest BCUT2D eigenvalue weighted by Crippen LogP contribution is 2.44. The molecule has 1 aromatic heterocycles. The first-order valence-corrected chi connectivity index (χ1v) is 15.0. The van der Waals surface area contributed by atoms with Gasteiger partial charge in [0, 0.05) is 16.0 Å². The van der Waals surface area contributed by atoms with Crippen molar-refractivity contribution in [3.8, 4) is 0 Å². The lowest BCUT2D eigenvalue weighted by Gasteiger charge is -2.29. The number of ether oxygens (including phenoxy) is 1. The first kappa shape index (κ1) is 29.5. The minimum Gasteiger partial charge on any atom is -0.451 e. The maximum atomic E-state index is 13.7. The maximum absolute atomic E-state index is 13.7. The van der Waals surface area contributed by atoms with E-state index in [-0.39, 0.29) is 17.7 Å². The molecule has 41 heavy (non-hydrogen) atoms. The largest absolute Gasteiger partial charge is 0.451 e. The molecule has 5 rings (SSSR count). The third-order valence-electron chi connectivity index (χ3n) is 7.32. The number of hydrogen-bond donors (Lipinski definition) is 0. The van der Waals surface area contributed by atoms with Crippen LogP contribution in [0.5, 0.6) is 0 Å². The van der Waals surface area contributed by atoms with Gasteiger partial charge in [-0.1, -0.05) is 47.5 Å². The minimum absolute atomic E-state index is 0.00208. The predicted octanol–water partition coefficient (Wildman–Crippen LogP) is 8.00. The van der Waals surface area contributed by atoms with Gasteiger partial charge in [-0.2, -0.15) is 10.2 Å². The second-order valence-electron chi connectivity index (χ2n) is 11.3. The van der Waals surface area contributed by atoms with Crippen molar-refractivity contribution in [1.82, 2.24) is 14.8 Å². The quantitative estimate of drug-likeness (QED) is 0.261. The number of halogens is 3. The Morgan fingerprint density at radius 1 is 1.07 bits per heavy atom. The molecule has 0 N–H and O–H groups in total. The summed E-state index contributed by atoms with van der Waals surface area (Å²) in [6.45, 7) is 7.19. The Balaban J connectivity index is 1.44. The van der Waals surface area contributed by atoms with Gasteiger partial charge in [0.2, 0.25) is 0 Å². The maximum Gasteiger partial charge on any atom is 0.358 e. The molecule has 3 aromatic rings. The topological polar surface area (TPSA) is 76.8 Å². The van der Waals surface area contributed by atoms with E-state index in [1.165, 1.54) is 5.01 Å². The molecule has 7 nitrogen and oxygen atoms in total. The SMILES string of the molecule is Cc1nn(C(C)(C)C)c(C(=O)OCC(=O)N2N=C3/C(=C\c4ccc(Cl)cc4)CCCC3C2c2ccc(Cl)cc2)c1Br. The second-order valence-corrected chi connectivity index (χ2v) is 13.0. The molecule has 214 valence electrons. The summed E-state index contributed by atoms with van der Waals surface area (Å²) in [6, 6.07) is 14.8. The van der Waals surface area contributed by atoms with Gasteiger partial charge in [0.1, 0.15) is 0 Å². The predicted molar refractivity (Wildman–Crippen MR) is 165 cm³/mol. The van der Waals surface area contributed by atoms with E-state index in [0.717, 1.165) is 41.7 Å². The molecule has 1 saturated carbocycles. The fourth-order valence-electron chi connectivity index (χ4n) is 5.39. The molecule has 2 aromatic carbocycles. The average Bonchev–Trinajstić information content (AvgIpc) is 3.47. The fourth-order valence-corrected chi connectivity index (χ4v) is 6.05. The summed E-state index contributed by atoms with van der Waals surface area (Å²) in [7, 11) is 0. The summed E-state index contributed by atoms with van der Waals surface area (Å²) in [4.78, 5) is 26.9. The highest BCUT2D eigenvalue weighted by Gasteiger charge is 2.44. The van der Waals surface area contributed by atoms with Crippen LogP contribution in [0.15, 0.2) is 63.7 Å². The van der Waals surface area contributed by atoms with Gasteiger partial charge in [-0.3, -0.25) is 9.48 Å². The summed E-state index contributed by atoms with van der Waals surface area (Å²) in [5.41, 5.74) is 4.39. The molecule has 1 aliphatic carbocycles. The number of carbonyl (C=O) groups excluding carboxylic acids is 2. The standard InChI is InChI=1S/C31H31BrCl2N4O3/c1-18-26(32)29(38(35-18)31(2,3)4)30(40)41-17-25(39)37-28(20-10-14-23(34)15-11-20)24-7-5-6-21(27(24)36-37)16-19-8-12-22(33)13-9-19/h8-16,24,28H,5-7,17H2,1-4H3/b21-16-. The zero-order valence-electron chi connectivity index (χ0n) is 23.3. The lowest BCUT2D eigenvalue weighted by molar-refractivity contribution is -0.137. The Labute approximate surface area is 258 Å².